The molecule has 140 valence electrons. The maximum atomic E-state index is 12.1. The molecule has 2 fully saturated rings. The Morgan fingerprint density at radius 1 is 1.04 bits per heavy atom. The van der Waals surface area contributed by atoms with Crippen LogP contribution in [0.2, 0.25) is 0 Å². The van der Waals surface area contributed by atoms with Gasteiger partial charge in [-0.25, -0.2) is 0 Å². The second kappa shape index (κ2) is 12.0. The molecule has 1 saturated heterocycles. The first-order valence-corrected chi connectivity index (χ1v) is 10.2. The lowest BCUT2D eigenvalue weighted by Crippen LogP contribution is -2.46. The second-order valence-electron chi connectivity index (χ2n) is 6.74. The number of rotatable bonds is 7. The van der Waals surface area contributed by atoms with Gasteiger partial charge in [-0.3, -0.25) is 9.59 Å². The average Bonchev–Trinajstić information content (AvgIpc) is 2.61. The largest absolute Gasteiger partial charge is 0.351 e. The molecule has 0 radical (unpaired) electrons. The summed E-state index contributed by atoms with van der Waals surface area (Å²) in [5, 5.41) is 3.08. The fourth-order valence-electron chi connectivity index (χ4n) is 3.62. The Hall–Kier alpha value is -0.460. The SMILES string of the molecule is Cl.NCC(NC(=O)CSCC(=O)N1CCCCC1)C1CCCCC1. The third kappa shape index (κ3) is 7.19. The lowest BCUT2D eigenvalue weighted by Gasteiger charge is -2.30. The highest BCUT2D eigenvalue weighted by Gasteiger charge is 2.24. The van der Waals surface area contributed by atoms with Crippen molar-refractivity contribution in [1.82, 2.24) is 10.2 Å². The minimum absolute atomic E-state index is 0. The Labute approximate surface area is 156 Å². The van der Waals surface area contributed by atoms with E-state index in [0.717, 1.165) is 25.9 Å². The van der Waals surface area contributed by atoms with Gasteiger partial charge in [0.25, 0.3) is 0 Å². The Morgan fingerprint density at radius 2 is 1.67 bits per heavy atom. The summed E-state index contributed by atoms with van der Waals surface area (Å²) >= 11 is 1.42. The molecule has 0 aromatic rings. The Kier molecular flexibility index (Phi) is 10.8. The van der Waals surface area contributed by atoms with Crippen molar-refractivity contribution in [2.75, 3.05) is 31.1 Å². The number of thioether (sulfide) groups is 1. The first-order chi connectivity index (χ1) is 11.2. The van der Waals surface area contributed by atoms with Crippen LogP contribution in [0.3, 0.4) is 0 Å². The fraction of sp³-hybridized carbons (Fsp3) is 0.882. The van der Waals surface area contributed by atoms with Crippen molar-refractivity contribution in [2.45, 2.75) is 57.4 Å². The minimum atomic E-state index is 0. The van der Waals surface area contributed by atoms with Crippen molar-refractivity contribution in [2.24, 2.45) is 11.7 Å². The van der Waals surface area contributed by atoms with Gasteiger partial charge in [-0.05, 0) is 38.0 Å². The molecule has 0 aromatic carbocycles. The number of carbonyl (C=O) groups excluding carboxylic acids is 2. The third-order valence-electron chi connectivity index (χ3n) is 4.99. The molecule has 2 rings (SSSR count). The van der Waals surface area contributed by atoms with Crippen molar-refractivity contribution in [1.29, 1.82) is 0 Å². The zero-order valence-electron chi connectivity index (χ0n) is 14.5. The van der Waals surface area contributed by atoms with E-state index >= 15 is 0 Å². The molecule has 5 nitrogen and oxygen atoms in total. The summed E-state index contributed by atoms with van der Waals surface area (Å²) in [6, 6.07) is 0.0983. The van der Waals surface area contributed by atoms with E-state index in [0.29, 0.717) is 24.0 Å². The van der Waals surface area contributed by atoms with Crippen LogP contribution < -0.4 is 11.1 Å². The van der Waals surface area contributed by atoms with Crippen LogP contribution in [0.1, 0.15) is 51.4 Å². The summed E-state index contributed by atoms with van der Waals surface area (Å²) in [4.78, 5) is 26.1. The number of hydrogen-bond donors (Lipinski definition) is 2. The number of carbonyl (C=O) groups is 2. The van der Waals surface area contributed by atoms with E-state index in [1.807, 2.05) is 4.90 Å². The van der Waals surface area contributed by atoms with E-state index in [2.05, 4.69) is 5.32 Å². The molecule has 0 spiro atoms. The molecule has 0 bridgehead atoms. The summed E-state index contributed by atoms with van der Waals surface area (Å²) in [6.45, 7) is 2.26. The molecule has 2 amide bonds. The van der Waals surface area contributed by atoms with E-state index in [9.17, 15) is 9.59 Å². The van der Waals surface area contributed by atoms with E-state index < -0.39 is 0 Å². The first-order valence-electron chi connectivity index (χ1n) is 9.05. The number of piperidine rings is 1. The maximum Gasteiger partial charge on any atom is 0.232 e. The first kappa shape index (κ1) is 21.6. The summed E-state index contributed by atoms with van der Waals surface area (Å²) in [6.07, 6.45) is 9.57. The third-order valence-corrected chi connectivity index (χ3v) is 5.90. The topological polar surface area (TPSA) is 75.4 Å². The smallest absolute Gasteiger partial charge is 0.232 e. The van der Waals surface area contributed by atoms with Crippen LogP contribution in [0.25, 0.3) is 0 Å². The molecule has 1 aliphatic carbocycles. The minimum Gasteiger partial charge on any atom is -0.351 e. The van der Waals surface area contributed by atoms with E-state index in [4.69, 9.17) is 5.73 Å². The van der Waals surface area contributed by atoms with Gasteiger partial charge in [-0.15, -0.1) is 24.2 Å². The number of nitrogens with two attached hydrogens (primary N) is 1. The molecule has 24 heavy (non-hydrogen) atoms. The highest BCUT2D eigenvalue weighted by molar-refractivity contribution is 8.00. The Bertz CT molecular complexity index is 386. The molecular formula is C17H32ClN3O2S. The van der Waals surface area contributed by atoms with Gasteiger partial charge in [-0.2, -0.15) is 0 Å². The predicted octanol–water partition coefficient (Wildman–Crippen LogP) is 2.18. The Morgan fingerprint density at radius 3 is 2.29 bits per heavy atom. The molecule has 1 saturated carbocycles. The summed E-state index contributed by atoms with van der Waals surface area (Å²) in [7, 11) is 0. The van der Waals surface area contributed by atoms with Gasteiger partial charge in [0, 0.05) is 25.7 Å². The van der Waals surface area contributed by atoms with Gasteiger partial charge in [0.1, 0.15) is 0 Å². The van der Waals surface area contributed by atoms with Gasteiger partial charge in [-0.1, -0.05) is 19.3 Å². The predicted molar refractivity (Wildman–Crippen MR) is 103 cm³/mol. The van der Waals surface area contributed by atoms with E-state index in [1.54, 1.807) is 0 Å². The van der Waals surface area contributed by atoms with Crippen molar-refractivity contribution >= 4 is 36.0 Å². The molecule has 2 aliphatic rings. The maximum absolute atomic E-state index is 12.1. The molecule has 3 N–H and O–H groups in total. The quantitative estimate of drug-likeness (QED) is 0.713. The standard InChI is InChI=1S/C17H31N3O2S.ClH/c18-11-15(14-7-3-1-4-8-14)19-16(21)12-23-13-17(22)20-9-5-2-6-10-20;/h14-15H,1-13,18H2,(H,19,21);1H. The average molecular weight is 378 g/mol. The van der Waals surface area contributed by atoms with Gasteiger partial charge in [0.2, 0.25) is 11.8 Å². The molecule has 7 heteroatoms. The van der Waals surface area contributed by atoms with Crippen molar-refractivity contribution in [3.05, 3.63) is 0 Å². The molecule has 1 atom stereocenters. The van der Waals surface area contributed by atoms with Crippen molar-refractivity contribution < 1.29 is 9.59 Å². The van der Waals surface area contributed by atoms with Gasteiger partial charge < -0.3 is 16.0 Å². The highest BCUT2D eigenvalue weighted by atomic mass is 35.5. The molecule has 0 aromatic heterocycles. The molecule has 1 aliphatic heterocycles. The monoisotopic (exact) mass is 377 g/mol. The van der Waals surface area contributed by atoms with Crippen LogP contribution in [-0.4, -0.2) is 53.9 Å². The number of nitrogens with one attached hydrogen (secondary N) is 1. The fourth-order valence-corrected chi connectivity index (χ4v) is 4.35. The number of likely N-dealkylation sites (tertiary alicyclic amines) is 1. The zero-order valence-corrected chi connectivity index (χ0v) is 16.1. The molecule has 1 unspecified atom stereocenters. The normalized spacial score (nSPS) is 20.1. The lowest BCUT2D eigenvalue weighted by atomic mass is 9.84. The van der Waals surface area contributed by atoms with Gasteiger partial charge >= 0.3 is 0 Å². The Balaban J connectivity index is 0.00000288. The van der Waals surface area contributed by atoms with Crippen LogP contribution in [-0.2, 0) is 9.59 Å². The van der Waals surface area contributed by atoms with Crippen molar-refractivity contribution in [3.63, 3.8) is 0 Å². The van der Waals surface area contributed by atoms with Crippen LogP contribution in [0, 0.1) is 5.92 Å². The summed E-state index contributed by atoms with van der Waals surface area (Å²) < 4.78 is 0. The number of hydrogen-bond acceptors (Lipinski definition) is 4. The molecular weight excluding hydrogens is 346 g/mol. The zero-order chi connectivity index (χ0) is 16.5. The van der Waals surface area contributed by atoms with E-state index in [-0.39, 0.29) is 30.3 Å². The van der Waals surface area contributed by atoms with Crippen LogP contribution in [0.5, 0.6) is 0 Å². The van der Waals surface area contributed by atoms with Crippen LogP contribution >= 0.6 is 24.2 Å². The number of nitrogens with zero attached hydrogens (tertiary/aromatic N) is 1. The number of amides is 2. The molecule has 1 heterocycles. The van der Waals surface area contributed by atoms with Gasteiger partial charge in [0.05, 0.1) is 11.5 Å². The highest BCUT2D eigenvalue weighted by Crippen LogP contribution is 2.26. The second-order valence-corrected chi connectivity index (χ2v) is 7.73. The van der Waals surface area contributed by atoms with Gasteiger partial charge in [0.15, 0.2) is 0 Å². The van der Waals surface area contributed by atoms with Crippen LogP contribution in [0.15, 0.2) is 0 Å². The summed E-state index contributed by atoms with van der Waals surface area (Å²) in [5.74, 6) is 1.47. The number of halogens is 1. The van der Waals surface area contributed by atoms with E-state index in [1.165, 1.54) is 50.3 Å². The lowest BCUT2D eigenvalue weighted by molar-refractivity contribution is -0.129. The van der Waals surface area contributed by atoms with Crippen LogP contribution in [0.4, 0.5) is 0 Å². The summed E-state index contributed by atoms with van der Waals surface area (Å²) in [5.41, 5.74) is 5.84. The van der Waals surface area contributed by atoms with Crippen molar-refractivity contribution in [3.8, 4) is 0 Å².